The van der Waals surface area contributed by atoms with Crippen LogP contribution in [0.3, 0.4) is 0 Å². The van der Waals surface area contributed by atoms with Crippen molar-refractivity contribution in [2.45, 2.75) is 19.4 Å². The number of halogens is 1. The van der Waals surface area contributed by atoms with Crippen LogP contribution in [-0.2, 0) is 16.1 Å². The van der Waals surface area contributed by atoms with E-state index < -0.39 is 0 Å². The van der Waals surface area contributed by atoms with Crippen molar-refractivity contribution in [1.29, 1.82) is 0 Å². The molecule has 0 radical (unpaired) electrons. The van der Waals surface area contributed by atoms with Crippen LogP contribution in [-0.4, -0.2) is 74.4 Å². The molecule has 1 amide bonds. The molecular weight excluding hydrogens is 387 g/mol. The zero-order valence-corrected chi connectivity index (χ0v) is 17.6. The van der Waals surface area contributed by atoms with Crippen LogP contribution in [0.25, 0.3) is 11.3 Å². The highest BCUT2D eigenvalue weighted by molar-refractivity contribution is 5.81. The number of hydrogen-bond donors (Lipinski definition) is 0. The summed E-state index contributed by atoms with van der Waals surface area (Å²) >= 11 is 0. The number of aromatic nitrogens is 1. The molecule has 162 valence electrons. The normalized spacial score (nSPS) is 17.4. The second-order valence-electron chi connectivity index (χ2n) is 8.14. The third-order valence-electron chi connectivity index (χ3n) is 5.83. The number of carbonyl (C=O) groups is 1. The van der Waals surface area contributed by atoms with Crippen LogP contribution in [0.2, 0.25) is 0 Å². The second kappa shape index (κ2) is 9.14. The van der Waals surface area contributed by atoms with Crippen LogP contribution in [0.4, 0.5) is 10.3 Å². The highest BCUT2D eigenvalue weighted by Gasteiger charge is 2.35. The number of rotatable bonds is 8. The number of amides is 1. The van der Waals surface area contributed by atoms with E-state index in [-0.39, 0.29) is 17.6 Å². The van der Waals surface area contributed by atoms with Crippen LogP contribution in [0, 0.1) is 11.7 Å². The van der Waals surface area contributed by atoms with Crippen molar-refractivity contribution in [3.8, 4) is 11.3 Å². The summed E-state index contributed by atoms with van der Waals surface area (Å²) in [7, 11) is 3.74. The summed E-state index contributed by atoms with van der Waals surface area (Å²) in [5, 5.41) is 4.34. The van der Waals surface area contributed by atoms with Crippen molar-refractivity contribution < 1.29 is 18.4 Å². The van der Waals surface area contributed by atoms with E-state index in [1.165, 1.54) is 12.1 Å². The smallest absolute Gasteiger partial charge is 0.232 e. The minimum absolute atomic E-state index is 0.114. The second-order valence-corrected chi connectivity index (χ2v) is 8.14. The van der Waals surface area contributed by atoms with Gasteiger partial charge in [-0.05, 0) is 44.2 Å². The Hall–Kier alpha value is -2.45. The Balaban J connectivity index is 1.67. The van der Waals surface area contributed by atoms with Gasteiger partial charge in [0, 0.05) is 51.3 Å². The summed E-state index contributed by atoms with van der Waals surface area (Å²) in [4.78, 5) is 19.2. The Kier molecular flexibility index (Phi) is 6.34. The third kappa shape index (κ3) is 4.65. The molecule has 1 aliphatic carbocycles. The van der Waals surface area contributed by atoms with Crippen LogP contribution < -0.4 is 4.90 Å². The zero-order chi connectivity index (χ0) is 21.1. The molecule has 8 heteroatoms. The number of nitrogens with zero attached hydrogens (tertiary/aromatic N) is 4. The van der Waals surface area contributed by atoms with Gasteiger partial charge in [-0.3, -0.25) is 4.79 Å². The molecule has 7 nitrogen and oxygen atoms in total. The van der Waals surface area contributed by atoms with E-state index in [0.717, 1.165) is 50.1 Å². The Labute approximate surface area is 176 Å². The molecule has 0 N–H and O–H groups in total. The standard InChI is InChI=1S/C22H29FN4O3/c1-25-9-11-26(12-10-25)22-19(15-27(13-14-29-2)21(28)17-3-4-17)20(24-30-22)16-5-7-18(23)8-6-16/h5-8,17H,3-4,9-15H2,1-2H3. The summed E-state index contributed by atoms with van der Waals surface area (Å²) in [6, 6.07) is 6.24. The summed E-state index contributed by atoms with van der Waals surface area (Å²) in [5.41, 5.74) is 2.31. The number of anilines is 1. The minimum atomic E-state index is -0.297. The fraction of sp³-hybridized carbons (Fsp3) is 0.545. The molecule has 2 aliphatic rings. The number of benzene rings is 1. The molecule has 2 fully saturated rings. The Bertz CT molecular complexity index is 858. The van der Waals surface area contributed by atoms with Crippen molar-refractivity contribution in [2.75, 3.05) is 58.4 Å². The average molecular weight is 416 g/mol. The van der Waals surface area contributed by atoms with Gasteiger partial charge in [0.15, 0.2) is 0 Å². The topological polar surface area (TPSA) is 62.1 Å². The molecule has 2 heterocycles. The maximum Gasteiger partial charge on any atom is 0.232 e. The van der Waals surface area contributed by atoms with Gasteiger partial charge in [0.05, 0.1) is 18.7 Å². The summed E-state index contributed by atoms with van der Waals surface area (Å²) in [6.07, 6.45) is 1.89. The molecule has 1 aliphatic heterocycles. The third-order valence-corrected chi connectivity index (χ3v) is 5.83. The molecule has 0 spiro atoms. The van der Waals surface area contributed by atoms with E-state index in [1.807, 2.05) is 4.90 Å². The molecule has 1 aromatic heterocycles. The Morgan fingerprint density at radius 2 is 1.93 bits per heavy atom. The lowest BCUT2D eigenvalue weighted by atomic mass is 10.1. The van der Waals surface area contributed by atoms with Crippen LogP contribution >= 0.6 is 0 Å². The first kappa shape index (κ1) is 20.8. The van der Waals surface area contributed by atoms with E-state index in [4.69, 9.17) is 9.26 Å². The fourth-order valence-corrected chi connectivity index (χ4v) is 3.78. The van der Waals surface area contributed by atoms with Gasteiger partial charge >= 0.3 is 0 Å². The number of methoxy groups -OCH3 is 1. The lowest BCUT2D eigenvalue weighted by molar-refractivity contribution is -0.133. The largest absolute Gasteiger partial charge is 0.383 e. The molecule has 0 bridgehead atoms. The molecule has 1 saturated carbocycles. The molecule has 30 heavy (non-hydrogen) atoms. The van der Waals surface area contributed by atoms with Crippen LogP contribution in [0.1, 0.15) is 18.4 Å². The number of ether oxygens (including phenoxy) is 1. The van der Waals surface area contributed by atoms with Crippen LogP contribution in [0.15, 0.2) is 28.8 Å². The van der Waals surface area contributed by atoms with E-state index >= 15 is 0 Å². The fourth-order valence-electron chi connectivity index (χ4n) is 3.78. The predicted octanol–water partition coefficient (Wildman–Crippen LogP) is 2.62. The maximum absolute atomic E-state index is 13.5. The molecular formula is C22H29FN4O3. The van der Waals surface area contributed by atoms with E-state index in [1.54, 1.807) is 19.2 Å². The lowest BCUT2D eigenvalue weighted by Gasteiger charge is -2.33. The first-order valence-corrected chi connectivity index (χ1v) is 10.5. The molecule has 4 rings (SSSR count). The summed E-state index contributed by atoms with van der Waals surface area (Å²) in [6.45, 7) is 4.91. The van der Waals surface area contributed by atoms with Crippen molar-refractivity contribution >= 4 is 11.8 Å². The molecule has 0 unspecified atom stereocenters. The van der Waals surface area contributed by atoms with Crippen molar-refractivity contribution in [2.24, 2.45) is 5.92 Å². The van der Waals surface area contributed by atoms with E-state index in [0.29, 0.717) is 31.3 Å². The van der Waals surface area contributed by atoms with Gasteiger partial charge in [-0.25, -0.2) is 4.39 Å². The highest BCUT2D eigenvalue weighted by Crippen LogP contribution is 2.36. The number of hydrogen-bond acceptors (Lipinski definition) is 6. The molecule has 2 aromatic rings. The van der Waals surface area contributed by atoms with Crippen molar-refractivity contribution in [3.05, 3.63) is 35.6 Å². The first-order chi connectivity index (χ1) is 14.6. The number of piperazine rings is 1. The average Bonchev–Trinajstić information content (AvgIpc) is 3.52. The minimum Gasteiger partial charge on any atom is -0.383 e. The maximum atomic E-state index is 13.5. The zero-order valence-electron chi connectivity index (χ0n) is 17.6. The quantitative estimate of drug-likeness (QED) is 0.659. The number of carbonyl (C=O) groups excluding carboxylic acids is 1. The van der Waals surface area contributed by atoms with Gasteiger partial charge in [-0.1, -0.05) is 5.16 Å². The van der Waals surface area contributed by atoms with Gasteiger partial charge < -0.3 is 24.0 Å². The molecule has 1 aromatic carbocycles. The molecule has 0 atom stereocenters. The van der Waals surface area contributed by atoms with E-state index in [2.05, 4.69) is 22.0 Å². The summed E-state index contributed by atoms with van der Waals surface area (Å²) in [5.74, 6) is 0.674. The van der Waals surface area contributed by atoms with Gasteiger partial charge in [-0.15, -0.1) is 0 Å². The SMILES string of the molecule is COCCN(Cc1c(-c2ccc(F)cc2)noc1N1CCN(C)CC1)C(=O)C1CC1. The monoisotopic (exact) mass is 416 g/mol. The van der Waals surface area contributed by atoms with Gasteiger partial charge in [0.1, 0.15) is 11.5 Å². The Morgan fingerprint density at radius 3 is 2.57 bits per heavy atom. The van der Waals surface area contributed by atoms with Gasteiger partial charge in [0.2, 0.25) is 11.8 Å². The van der Waals surface area contributed by atoms with Crippen molar-refractivity contribution in [3.63, 3.8) is 0 Å². The summed E-state index contributed by atoms with van der Waals surface area (Å²) < 4.78 is 24.5. The van der Waals surface area contributed by atoms with E-state index in [9.17, 15) is 9.18 Å². The molecule has 1 saturated heterocycles. The lowest BCUT2D eigenvalue weighted by Crippen LogP contribution is -2.45. The van der Waals surface area contributed by atoms with Gasteiger partial charge in [-0.2, -0.15) is 0 Å². The highest BCUT2D eigenvalue weighted by atomic mass is 19.1. The first-order valence-electron chi connectivity index (χ1n) is 10.5. The predicted molar refractivity (Wildman–Crippen MR) is 112 cm³/mol. The van der Waals surface area contributed by atoms with Crippen LogP contribution in [0.5, 0.6) is 0 Å². The Morgan fingerprint density at radius 1 is 1.23 bits per heavy atom. The number of likely N-dealkylation sites (N-methyl/N-ethyl adjacent to an activating group) is 1. The van der Waals surface area contributed by atoms with Crippen molar-refractivity contribution in [1.82, 2.24) is 15.0 Å². The van der Waals surface area contributed by atoms with Gasteiger partial charge in [0.25, 0.3) is 0 Å².